The fraction of sp³-hybridized carbons (Fsp3) is 0.391. The third-order valence-corrected chi connectivity index (χ3v) is 5.22. The lowest BCUT2D eigenvalue weighted by Gasteiger charge is -2.21. The molecule has 1 saturated heterocycles. The summed E-state index contributed by atoms with van der Waals surface area (Å²) in [6.45, 7) is 2.63. The van der Waals surface area contributed by atoms with Gasteiger partial charge < -0.3 is 20.3 Å². The molecule has 154 valence electrons. The number of aliphatic imine (C=N–C) groups is 1. The molecule has 2 N–H and O–H groups in total. The van der Waals surface area contributed by atoms with Gasteiger partial charge in [0.15, 0.2) is 5.96 Å². The lowest BCUT2D eigenvalue weighted by atomic mass is 9.99. The van der Waals surface area contributed by atoms with Gasteiger partial charge >= 0.3 is 0 Å². The van der Waals surface area contributed by atoms with E-state index >= 15 is 0 Å². The van der Waals surface area contributed by atoms with Gasteiger partial charge in [0.1, 0.15) is 5.75 Å². The second-order valence-corrected chi connectivity index (χ2v) is 7.32. The lowest BCUT2D eigenvalue weighted by molar-refractivity contribution is -0.120. The first-order valence-corrected chi connectivity index (χ1v) is 10.1. The van der Waals surface area contributed by atoms with Gasteiger partial charge in [-0.15, -0.1) is 0 Å². The van der Waals surface area contributed by atoms with Crippen molar-refractivity contribution in [3.05, 3.63) is 65.7 Å². The molecule has 6 nitrogen and oxygen atoms in total. The lowest BCUT2D eigenvalue weighted by Crippen LogP contribution is -2.44. The van der Waals surface area contributed by atoms with Crippen LogP contribution < -0.4 is 15.4 Å². The van der Waals surface area contributed by atoms with E-state index in [-0.39, 0.29) is 12.5 Å². The van der Waals surface area contributed by atoms with Crippen molar-refractivity contribution in [2.45, 2.75) is 19.4 Å². The molecule has 1 atom stereocenters. The zero-order valence-corrected chi connectivity index (χ0v) is 17.2. The fourth-order valence-corrected chi connectivity index (χ4v) is 3.64. The molecule has 1 aliphatic heterocycles. The molecule has 0 aliphatic carbocycles. The maximum atomic E-state index is 12.2. The molecule has 0 saturated carbocycles. The Bertz CT molecular complexity index is 805. The molecule has 0 aromatic heterocycles. The molecule has 2 aromatic carbocycles. The van der Waals surface area contributed by atoms with Gasteiger partial charge in [0, 0.05) is 26.7 Å². The minimum atomic E-state index is -0.0537. The van der Waals surface area contributed by atoms with Crippen molar-refractivity contribution in [3.8, 4) is 5.75 Å². The molecule has 1 amide bonds. The predicted molar refractivity (Wildman–Crippen MR) is 116 cm³/mol. The number of rotatable bonds is 7. The first-order valence-electron chi connectivity index (χ1n) is 10.1. The van der Waals surface area contributed by atoms with Crippen LogP contribution in [0.3, 0.4) is 0 Å². The summed E-state index contributed by atoms with van der Waals surface area (Å²) in [4.78, 5) is 18.8. The standard InChI is InChI=1S/C23H30N4O2/c1-24-23(27-13-12-20(17-27)14-18-6-4-3-5-7-18)26-16-22(28)25-15-19-8-10-21(29-2)11-9-19/h3-11,20H,12-17H2,1-2H3,(H,24,26)(H,25,28). The smallest absolute Gasteiger partial charge is 0.239 e. The zero-order chi connectivity index (χ0) is 20.5. The van der Waals surface area contributed by atoms with E-state index in [1.165, 1.54) is 5.56 Å². The highest BCUT2D eigenvalue weighted by atomic mass is 16.5. The summed E-state index contributed by atoms with van der Waals surface area (Å²) < 4.78 is 5.15. The van der Waals surface area contributed by atoms with Crippen LogP contribution in [0.15, 0.2) is 59.6 Å². The highest BCUT2D eigenvalue weighted by Gasteiger charge is 2.25. The van der Waals surface area contributed by atoms with Crippen LogP contribution in [-0.2, 0) is 17.8 Å². The van der Waals surface area contributed by atoms with E-state index < -0.39 is 0 Å². The molecule has 1 heterocycles. The van der Waals surface area contributed by atoms with E-state index in [9.17, 15) is 4.79 Å². The molecule has 3 rings (SSSR count). The molecule has 0 spiro atoms. The van der Waals surface area contributed by atoms with Gasteiger partial charge in [0.05, 0.1) is 13.7 Å². The van der Waals surface area contributed by atoms with Crippen molar-refractivity contribution in [1.82, 2.24) is 15.5 Å². The van der Waals surface area contributed by atoms with Gasteiger partial charge in [-0.25, -0.2) is 0 Å². The van der Waals surface area contributed by atoms with E-state index in [4.69, 9.17) is 4.74 Å². The Morgan fingerprint density at radius 1 is 1.10 bits per heavy atom. The third kappa shape index (κ3) is 6.24. The van der Waals surface area contributed by atoms with Crippen molar-refractivity contribution in [1.29, 1.82) is 0 Å². The molecule has 1 fully saturated rings. The van der Waals surface area contributed by atoms with Gasteiger partial charge in [-0.2, -0.15) is 0 Å². The number of likely N-dealkylation sites (tertiary alicyclic amines) is 1. The number of amides is 1. The van der Waals surface area contributed by atoms with Crippen molar-refractivity contribution < 1.29 is 9.53 Å². The number of ether oxygens (including phenoxy) is 1. The SMILES string of the molecule is CN=C(NCC(=O)NCc1ccc(OC)cc1)N1CCC(Cc2ccccc2)C1. The van der Waals surface area contributed by atoms with Gasteiger partial charge in [0.2, 0.25) is 5.91 Å². The highest BCUT2D eigenvalue weighted by Crippen LogP contribution is 2.20. The summed E-state index contributed by atoms with van der Waals surface area (Å²) in [5, 5.41) is 6.13. The van der Waals surface area contributed by atoms with Crippen molar-refractivity contribution in [3.63, 3.8) is 0 Å². The number of hydrogen-bond donors (Lipinski definition) is 2. The van der Waals surface area contributed by atoms with Crippen LogP contribution in [0.5, 0.6) is 5.75 Å². The number of hydrogen-bond acceptors (Lipinski definition) is 3. The van der Waals surface area contributed by atoms with Crippen LogP contribution in [0.1, 0.15) is 17.5 Å². The first-order chi connectivity index (χ1) is 14.2. The number of guanidine groups is 1. The Morgan fingerprint density at radius 3 is 2.55 bits per heavy atom. The second-order valence-electron chi connectivity index (χ2n) is 7.32. The predicted octanol–water partition coefficient (Wildman–Crippen LogP) is 2.45. The quantitative estimate of drug-likeness (QED) is 0.559. The van der Waals surface area contributed by atoms with Crippen LogP contribution in [0, 0.1) is 5.92 Å². The number of carbonyl (C=O) groups excluding carboxylic acids is 1. The number of carbonyl (C=O) groups is 1. The van der Waals surface area contributed by atoms with E-state index in [2.05, 4.69) is 50.9 Å². The molecule has 1 unspecified atom stereocenters. The van der Waals surface area contributed by atoms with Crippen LogP contribution in [0.4, 0.5) is 0 Å². The Labute approximate surface area is 173 Å². The maximum absolute atomic E-state index is 12.2. The first kappa shape index (κ1) is 20.7. The monoisotopic (exact) mass is 394 g/mol. The van der Waals surface area contributed by atoms with Crippen LogP contribution in [0.25, 0.3) is 0 Å². The molecule has 29 heavy (non-hydrogen) atoms. The normalized spacial score (nSPS) is 16.6. The topological polar surface area (TPSA) is 66.0 Å². The molecule has 0 bridgehead atoms. The van der Waals surface area contributed by atoms with E-state index in [0.717, 1.165) is 43.2 Å². The van der Waals surface area contributed by atoms with Gasteiger partial charge in [0.25, 0.3) is 0 Å². The van der Waals surface area contributed by atoms with E-state index in [0.29, 0.717) is 12.5 Å². The third-order valence-electron chi connectivity index (χ3n) is 5.22. The van der Waals surface area contributed by atoms with Crippen LogP contribution >= 0.6 is 0 Å². The van der Waals surface area contributed by atoms with Crippen LogP contribution in [0.2, 0.25) is 0 Å². The summed E-state index contributed by atoms with van der Waals surface area (Å²) in [5.74, 6) is 2.16. The average Bonchev–Trinajstić information content (AvgIpc) is 3.22. The van der Waals surface area contributed by atoms with Crippen LogP contribution in [-0.4, -0.2) is 50.6 Å². The van der Waals surface area contributed by atoms with Crippen molar-refractivity contribution in [2.75, 3.05) is 33.8 Å². The van der Waals surface area contributed by atoms with Gasteiger partial charge in [-0.1, -0.05) is 42.5 Å². The summed E-state index contributed by atoms with van der Waals surface area (Å²) in [5.41, 5.74) is 2.41. The summed E-state index contributed by atoms with van der Waals surface area (Å²) in [7, 11) is 3.40. The van der Waals surface area contributed by atoms with E-state index in [1.807, 2.05) is 24.3 Å². The fourth-order valence-electron chi connectivity index (χ4n) is 3.64. The summed E-state index contributed by atoms with van der Waals surface area (Å²) in [6.07, 6.45) is 2.22. The number of benzene rings is 2. The molecular weight excluding hydrogens is 364 g/mol. The Balaban J connectivity index is 1.41. The average molecular weight is 395 g/mol. The highest BCUT2D eigenvalue weighted by molar-refractivity contribution is 5.86. The molecule has 1 aliphatic rings. The molecule has 6 heteroatoms. The van der Waals surface area contributed by atoms with Gasteiger partial charge in [-0.05, 0) is 42.0 Å². The number of nitrogens with one attached hydrogen (secondary N) is 2. The summed E-state index contributed by atoms with van der Waals surface area (Å²) in [6, 6.07) is 18.3. The second kappa shape index (κ2) is 10.5. The van der Waals surface area contributed by atoms with Crippen molar-refractivity contribution >= 4 is 11.9 Å². The van der Waals surface area contributed by atoms with Crippen molar-refractivity contribution in [2.24, 2.45) is 10.9 Å². The summed E-state index contributed by atoms with van der Waals surface area (Å²) >= 11 is 0. The minimum Gasteiger partial charge on any atom is -0.497 e. The Morgan fingerprint density at radius 2 is 1.86 bits per heavy atom. The molecular formula is C23H30N4O2. The van der Waals surface area contributed by atoms with Gasteiger partial charge in [-0.3, -0.25) is 9.79 Å². The van der Waals surface area contributed by atoms with E-state index in [1.54, 1.807) is 14.2 Å². The maximum Gasteiger partial charge on any atom is 0.239 e. The Kier molecular flexibility index (Phi) is 7.50. The molecule has 2 aromatic rings. The number of methoxy groups -OCH3 is 1. The minimum absolute atomic E-state index is 0.0537. The number of nitrogens with zero attached hydrogens (tertiary/aromatic N) is 2. The largest absolute Gasteiger partial charge is 0.497 e. The molecule has 0 radical (unpaired) electrons. The zero-order valence-electron chi connectivity index (χ0n) is 17.2. The Hall–Kier alpha value is -3.02.